The molecule has 0 rings (SSSR count). The zero-order chi connectivity index (χ0) is 14.3. The van der Waals surface area contributed by atoms with Crippen LogP contribution >= 0.6 is 0 Å². The van der Waals surface area contributed by atoms with E-state index in [2.05, 4.69) is 33.0 Å². The lowest BCUT2D eigenvalue weighted by atomic mass is 9.94. The molecule has 0 spiro atoms. The molecule has 0 saturated heterocycles. The van der Waals surface area contributed by atoms with Gasteiger partial charge < -0.3 is 5.32 Å². The lowest BCUT2D eigenvalue weighted by Gasteiger charge is -2.21. The highest BCUT2D eigenvalue weighted by Gasteiger charge is 2.19. The van der Waals surface area contributed by atoms with Crippen molar-refractivity contribution < 1.29 is 8.42 Å². The number of rotatable bonds is 9. The van der Waals surface area contributed by atoms with Crippen molar-refractivity contribution >= 4 is 9.84 Å². The SMILES string of the molecule is CC(C)CC(CCS(=O)(=O)C(C)C)CNC(C)C. The zero-order valence-electron chi connectivity index (χ0n) is 12.9. The maximum absolute atomic E-state index is 11.8. The molecule has 0 radical (unpaired) electrons. The Kier molecular flexibility index (Phi) is 8.11. The predicted octanol–water partition coefficient (Wildman–Crippen LogP) is 2.86. The molecule has 0 heterocycles. The Labute approximate surface area is 114 Å². The van der Waals surface area contributed by atoms with Gasteiger partial charge in [0.25, 0.3) is 0 Å². The van der Waals surface area contributed by atoms with Gasteiger partial charge in [0, 0.05) is 6.04 Å². The second-order valence-corrected chi connectivity index (χ2v) is 8.94. The summed E-state index contributed by atoms with van der Waals surface area (Å²) in [4.78, 5) is 0. The van der Waals surface area contributed by atoms with Crippen LogP contribution in [-0.2, 0) is 9.84 Å². The molecule has 18 heavy (non-hydrogen) atoms. The van der Waals surface area contributed by atoms with Crippen LogP contribution in [0.15, 0.2) is 0 Å². The van der Waals surface area contributed by atoms with Crippen LogP contribution in [-0.4, -0.2) is 32.0 Å². The Hall–Kier alpha value is -0.0900. The second kappa shape index (κ2) is 8.16. The van der Waals surface area contributed by atoms with Gasteiger partial charge in [0.05, 0.1) is 11.0 Å². The van der Waals surface area contributed by atoms with Gasteiger partial charge in [-0.3, -0.25) is 0 Å². The summed E-state index contributed by atoms with van der Waals surface area (Å²) in [6.07, 6.45) is 1.87. The molecule has 110 valence electrons. The Morgan fingerprint density at radius 3 is 1.94 bits per heavy atom. The average Bonchev–Trinajstić information content (AvgIpc) is 2.21. The zero-order valence-corrected chi connectivity index (χ0v) is 13.7. The molecule has 0 aliphatic rings. The summed E-state index contributed by atoms with van der Waals surface area (Å²) in [6.45, 7) is 13.1. The first-order valence-corrected chi connectivity index (χ1v) is 8.81. The maximum atomic E-state index is 11.8. The molecule has 0 aromatic carbocycles. The third-order valence-electron chi connectivity index (χ3n) is 3.15. The second-order valence-electron chi connectivity index (χ2n) is 6.26. The molecule has 1 atom stereocenters. The van der Waals surface area contributed by atoms with Gasteiger partial charge in [-0.1, -0.05) is 27.7 Å². The van der Waals surface area contributed by atoms with Gasteiger partial charge >= 0.3 is 0 Å². The van der Waals surface area contributed by atoms with E-state index in [9.17, 15) is 8.42 Å². The first-order valence-electron chi connectivity index (χ1n) is 7.10. The van der Waals surface area contributed by atoms with Crippen LogP contribution in [0.5, 0.6) is 0 Å². The highest BCUT2D eigenvalue weighted by molar-refractivity contribution is 7.91. The minimum atomic E-state index is -2.90. The predicted molar refractivity (Wildman–Crippen MR) is 79.6 cm³/mol. The highest BCUT2D eigenvalue weighted by Crippen LogP contribution is 2.17. The van der Waals surface area contributed by atoms with Gasteiger partial charge in [-0.25, -0.2) is 8.42 Å². The van der Waals surface area contributed by atoms with Gasteiger partial charge in [0.15, 0.2) is 9.84 Å². The fourth-order valence-electron chi connectivity index (χ4n) is 1.94. The quantitative estimate of drug-likeness (QED) is 0.705. The van der Waals surface area contributed by atoms with Crippen LogP contribution in [0.4, 0.5) is 0 Å². The normalized spacial score (nSPS) is 14.7. The minimum absolute atomic E-state index is 0.254. The molecule has 0 aromatic heterocycles. The van der Waals surface area contributed by atoms with E-state index < -0.39 is 9.84 Å². The van der Waals surface area contributed by atoms with Gasteiger partial charge in [-0.2, -0.15) is 0 Å². The third kappa shape index (κ3) is 8.09. The summed E-state index contributed by atoms with van der Waals surface area (Å²) in [5.41, 5.74) is 0. The van der Waals surface area contributed by atoms with Crippen molar-refractivity contribution in [1.82, 2.24) is 5.32 Å². The fraction of sp³-hybridized carbons (Fsp3) is 1.00. The van der Waals surface area contributed by atoms with Crippen molar-refractivity contribution in [3.8, 4) is 0 Å². The van der Waals surface area contributed by atoms with Crippen molar-refractivity contribution in [2.24, 2.45) is 11.8 Å². The van der Waals surface area contributed by atoms with Crippen LogP contribution in [0.25, 0.3) is 0 Å². The molecule has 0 fully saturated rings. The van der Waals surface area contributed by atoms with E-state index >= 15 is 0 Å². The number of nitrogens with one attached hydrogen (secondary N) is 1. The summed E-state index contributed by atoms with van der Waals surface area (Å²) < 4.78 is 23.7. The van der Waals surface area contributed by atoms with Crippen LogP contribution in [0.3, 0.4) is 0 Å². The molecule has 1 unspecified atom stereocenters. The van der Waals surface area contributed by atoms with Crippen molar-refractivity contribution in [3.63, 3.8) is 0 Å². The van der Waals surface area contributed by atoms with E-state index in [1.165, 1.54) is 0 Å². The first kappa shape index (κ1) is 17.9. The Morgan fingerprint density at radius 1 is 1.00 bits per heavy atom. The minimum Gasteiger partial charge on any atom is -0.314 e. The van der Waals surface area contributed by atoms with E-state index in [0.717, 1.165) is 19.4 Å². The van der Waals surface area contributed by atoms with Gasteiger partial charge in [-0.15, -0.1) is 0 Å². The van der Waals surface area contributed by atoms with E-state index in [1.807, 2.05) is 0 Å². The van der Waals surface area contributed by atoms with E-state index in [0.29, 0.717) is 23.6 Å². The molecular formula is C14H31NO2S. The molecule has 0 bridgehead atoms. The van der Waals surface area contributed by atoms with E-state index in [1.54, 1.807) is 13.8 Å². The molecule has 3 nitrogen and oxygen atoms in total. The van der Waals surface area contributed by atoms with E-state index in [-0.39, 0.29) is 5.25 Å². The molecule has 1 N–H and O–H groups in total. The summed E-state index contributed by atoms with van der Waals surface area (Å²) in [7, 11) is -2.90. The Balaban J connectivity index is 4.32. The lowest BCUT2D eigenvalue weighted by molar-refractivity contribution is 0.366. The standard InChI is InChI=1S/C14H31NO2S/c1-11(2)9-14(10-15-12(3)4)7-8-18(16,17)13(5)6/h11-15H,7-10H2,1-6H3. The van der Waals surface area contributed by atoms with Crippen molar-refractivity contribution in [2.75, 3.05) is 12.3 Å². The Bertz CT molecular complexity index is 308. The smallest absolute Gasteiger partial charge is 0.152 e. The fourth-order valence-corrected chi connectivity index (χ4v) is 3.07. The summed E-state index contributed by atoms with van der Waals surface area (Å²) in [6, 6.07) is 0.460. The summed E-state index contributed by atoms with van der Waals surface area (Å²) in [5.74, 6) is 1.40. The molecule has 4 heteroatoms. The topological polar surface area (TPSA) is 46.2 Å². The molecule has 0 aromatic rings. The van der Waals surface area contributed by atoms with Crippen LogP contribution in [0.1, 0.15) is 54.4 Å². The molecule has 0 saturated carbocycles. The van der Waals surface area contributed by atoms with Crippen molar-refractivity contribution in [2.45, 2.75) is 65.7 Å². The van der Waals surface area contributed by atoms with Gasteiger partial charge in [0.2, 0.25) is 0 Å². The summed E-state index contributed by atoms with van der Waals surface area (Å²) >= 11 is 0. The largest absolute Gasteiger partial charge is 0.314 e. The van der Waals surface area contributed by atoms with Crippen LogP contribution in [0.2, 0.25) is 0 Å². The number of sulfone groups is 1. The third-order valence-corrected chi connectivity index (χ3v) is 5.39. The van der Waals surface area contributed by atoms with Crippen LogP contribution in [0, 0.1) is 11.8 Å². The lowest BCUT2D eigenvalue weighted by Crippen LogP contribution is -2.31. The van der Waals surface area contributed by atoms with Gasteiger partial charge in [-0.05, 0) is 45.1 Å². The number of hydrogen-bond acceptors (Lipinski definition) is 3. The van der Waals surface area contributed by atoms with Crippen molar-refractivity contribution in [3.05, 3.63) is 0 Å². The molecule has 0 aliphatic heterocycles. The summed E-state index contributed by atoms with van der Waals surface area (Å²) in [5, 5.41) is 3.17. The number of hydrogen-bond donors (Lipinski definition) is 1. The van der Waals surface area contributed by atoms with Crippen molar-refractivity contribution in [1.29, 1.82) is 0 Å². The molecular weight excluding hydrogens is 246 g/mol. The average molecular weight is 277 g/mol. The van der Waals surface area contributed by atoms with Crippen LogP contribution < -0.4 is 5.32 Å². The van der Waals surface area contributed by atoms with Gasteiger partial charge in [0.1, 0.15) is 0 Å². The maximum Gasteiger partial charge on any atom is 0.152 e. The molecule has 0 amide bonds. The Morgan fingerprint density at radius 2 is 1.56 bits per heavy atom. The molecule has 0 aliphatic carbocycles. The highest BCUT2D eigenvalue weighted by atomic mass is 32.2. The monoisotopic (exact) mass is 277 g/mol. The first-order chi connectivity index (χ1) is 8.15. The van der Waals surface area contributed by atoms with E-state index in [4.69, 9.17) is 0 Å².